The van der Waals surface area contributed by atoms with Gasteiger partial charge in [0.1, 0.15) is 0 Å². The van der Waals surface area contributed by atoms with Crippen LogP contribution in [0.5, 0.6) is 0 Å². The van der Waals surface area contributed by atoms with Gasteiger partial charge in [0.25, 0.3) is 0 Å². The summed E-state index contributed by atoms with van der Waals surface area (Å²) in [4.78, 5) is 41.8. The Bertz CT molecular complexity index is 534. The van der Waals surface area contributed by atoms with Crippen molar-refractivity contribution in [2.75, 3.05) is 45.8 Å². The Labute approximate surface area is 142 Å². The molecule has 3 fully saturated rings. The average molecular weight is 337 g/mol. The van der Waals surface area contributed by atoms with Gasteiger partial charge in [-0.2, -0.15) is 0 Å². The van der Waals surface area contributed by atoms with Crippen LogP contribution < -0.4 is 0 Å². The van der Waals surface area contributed by atoms with Crippen LogP contribution in [0.1, 0.15) is 26.7 Å². The number of carboxylic acids is 1. The van der Waals surface area contributed by atoms with Gasteiger partial charge in [-0.1, -0.05) is 13.8 Å². The quantitative estimate of drug-likeness (QED) is 0.787. The van der Waals surface area contributed by atoms with E-state index in [1.165, 1.54) is 0 Å². The molecular formula is C17H27N3O4. The molecular weight excluding hydrogens is 310 g/mol. The van der Waals surface area contributed by atoms with E-state index in [0.717, 1.165) is 25.9 Å². The molecule has 2 saturated heterocycles. The second-order valence-corrected chi connectivity index (χ2v) is 7.80. The van der Waals surface area contributed by atoms with Crippen molar-refractivity contribution in [3.8, 4) is 0 Å². The van der Waals surface area contributed by atoms with Gasteiger partial charge in [-0.15, -0.1) is 0 Å². The van der Waals surface area contributed by atoms with Crippen LogP contribution >= 0.6 is 0 Å². The molecule has 2 heterocycles. The van der Waals surface area contributed by atoms with Gasteiger partial charge in [-0.05, 0) is 18.3 Å². The third-order valence-electron chi connectivity index (χ3n) is 5.86. The zero-order valence-corrected chi connectivity index (χ0v) is 14.5. The summed E-state index contributed by atoms with van der Waals surface area (Å²) < 4.78 is 0. The van der Waals surface area contributed by atoms with Crippen LogP contribution in [-0.4, -0.2) is 83.4 Å². The van der Waals surface area contributed by atoms with E-state index >= 15 is 0 Å². The Balaban J connectivity index is 1.48. The average Bonchev–Trinajstić information content (AvgIpc) is 2.91. The van der Waals surface area contributed by atoms with Crippen molar-refractivity contribution in [1.82, 2.24) is 14.7 Å². The Morgan fingerprint density at radius 2 is 1.50 bits per heavy atom. The van der Waals surface area contributed by atoms with E-state index in [0.29, 0.717) is 32.7 Å². The maximum atomic E-state index is 12.6. The van der Waals surface area contributed by atoms with Gasteiger partial charge < -0.3 is 14.9 Å². The molecule has 0 radical (unpaired) electrons. The normalized spacial score (nSPS) is 29.6. The Morgan fingerprint density at radius 3 is 2.00 bits per heavy atom. The molecule has 0 aromatic heterocycles. The lowest BCUT2D eigenvalue weighted by molar-refractivity contribution is -0.143. The predicted molar refractivity (Wildman–Crippen MR) is 87.2 cm³/mol. The number of likely N-dealkylation sites (tertiary alicyclic amines) is 1. The number of carboxylic acid groups (broad SMARTS) is 1. The van der Waals surface area contributed by atoms with Gasteiger partial charge in [-0.25, -0.2) is 0 Å². The lowest BCUT2D eigenvalue weighted by atomic mass is 10.1. The SMILES string of the molecule is CC1(C)[C@H](C(=O)O)[C@@H]1C(=O)N1CCN(CC(=O)N2CCCC2)CC1. The molecule has 3 aliphatic rings. The van der Waals surface area contributed by atoms with E-state index in [1.54, 1.807) is 4.90 Å². The fraction of sp³-hybridized carbons (Fsp3) is 0.824. The molecule has 24 heavy (non-hydrogen) atoms. The number of nitrogens with zero attached hydrogens (tertiary/aromatic N) is 3. The standard InChI is InChI=1S/C17H27N3O4/c1-17(2)13(14(17)16(23)24)15(22)20-9-7-18(8-10-20)11-12(21)19-5-3-4-6-19/h13-14H,3-11H2,1-2H3,(H,23,24)/t13-,14+/m1/s1. The van der Waals surface area contributed by atoms with Crippen LogP contribution in [0, 0.1) is 17.3 Å². The monoisotopic (exact) mass is 337 g/mol. The highest BCUT2D eigenvalue weighted by molar-refractivity contribution is 5.91. The first kappa shape index (κ1) is 17.2. The number of carbonyl (C=O) groups excluding carboxylic acids is 2. The van der Waals surface area contributed by atoms with Gasteiger partial charge in [0.15, 0.2) is 0 Å². The molecule has 134 valence electrons. The van der Waals surface area contributed by atoms with Crippen LogP contribution in [0.15, 0.2) is 0 Å². The molecule has 0 aromatic rings. The third kappa shape index (κ3) is 3.14. The summed E-state index contributed by atoms with van der Waals surface area (Å²) in [6, 6.07) is 0. The van der Waals surface area contributed by atoms with Gasteiger partial charge in [0.05, 0.1) is 18.4 Å². The molecule has 2 aliphatic heterocycles. The van der Waals surface area contributed by atoms with E-state index in [1.807, 2.05) is 18.7 Å². The number of piperazine rings is 1. The van der Waals surface area contributed by atoms with Crippen molar-refractivity contribution in [3.63, 3.8) is 0 Å². The molecule has 0 spiro atoms. The van der Waals surface area contributed by atoms with E-state index in [-0.39, 0.29) is 11.8 Å². The van der Waals surface area contributed by atoms with E-state index in [2.05, 4.69) is 4.90 Å². The summed E-state index contributed by atoms with van der Waals surface area (Å²) in [7, 11) is 0. The van der Waals surface area contributed by atoms with Crippen molar-refractivity contribution in [2.45, 2.75) is 26.7 Å². The maximum absolute atomic E-state index is 12.6. The lowest BCUT2D eigenvalue weighted by Gasteiger charge is -2.35. The number of hydrogen-bond acceptors (Lipinski definition) is 4. The zero-order chi connectivity index (χ0) is 17.5. The number of aliphatic carboxylic acids is 1. The van der Waals surface area contributed by atoms with Crippen molar-refractivity contribution in [1.29, 1.82) is 0 Å². The Hall–Kier alpha value is -1.63. The van der Waals surface area contributed by atoms with Crippen LogP contribution in [-0.2, 0) is 14.4 Å². The maximum Gasteiger partial charge on any atom is 0.307 e. The third-order valence-corrected chi connectivity index (χ3v) is 5.86. The summed E-state index contributed by atoms with van der Waals surface area (Å²) in [5, 5.41) is 9.23. The molecule has 2 atom stereocenters. The summed E-state index contributed by atoms with van der Waals surface area (Å²) in [6.07, 6.45) is 2.19. The highest BCUT2D eigenvalue weighted by atomic mass is 16.4. The summed E-state index contributed by atoms with van der Waals surface area (Å²) >= 11 is 0. The number of amides is 2. The van der Waals surface area contributed by atoms with Crippen molar-refractivity contribution >= 4 is 17.8 Å². The molecule has 0 bridgehead atoms. The summed E-state index contributed by atoms with van der Waals surface area (Å²) in [6.45, 7) is 8.35. The highest BCUT2D eigenvalue weighted by Crippen LogP contribution is 2.59. The van der Waals surface area contributed by atoms with E-state index in [4.69, 9.17) is 0 Å². The smallest absolute Gasteiger partial charge is 0.307 e. The van der Waals surface area contributed by atoms with Crippen LogP contribution in [0.25, 0.3) is 0 Å². The number of rotatable bonds is 4. The molecule has 1 saturated carbocycles. The van der Waals surface area contributed by atoms with E-state index in [9.17, 15) is 19.5 Å². The van der Waals surface area contributed by atoms with Gasteiger partial charge in [-0.3, -0.25) is 19.3 Å². The molecule has 3 rings (SSSR count). The fourth-order valence-corrected chi connectivity index (χ4v) is 4.14. The minimum atomic E-state index is -0.881. The highest BCUT2D eigenvalue weighted by Gasteiger charge is 2.66. The van der Waals surface area contributed by atoms with Gasteiger partial charge >= 0.3 is 5.97 Å². The minimum Gasteiger partial charge on any atom is -0.481 e. The molecule has 2 amide bonds. The van der Waals surface area contributed by atoms with Crippen molar-refractivity contribution in [3.05, 3.63) is 0 Å². The molecule has 7 heteroatoms. The van der Waals surface area contributed by atoms with Crippen LogP contribution in [0.2, 0.25) is 0 Å². The Morgan fingerprint density at radius 1 is 0.917 bits per heavy atom. The molecule has 1 aliphatic carbocycles. The molecule has 7 nitrogen and oxygen atoms in total. The van der Waals surface area contributed by atoms with Gasteiger partial charge in [0.2, 0.25) is 11.8 Å². The van der Waals surface area contributed by atoms with Crippen molar-refractivity contribution < 1.29 is 19.5 Å². The lowest BCUT2D eigenvalue weighted by Crippen LogP contribution is -2.52. The summed E-state index contributed by atoms with van der Waals surface area (Å²) in [5.74, 6) is -1.72. The molecule has 0 unspecified atom stereocenters. The minimum absolute atomic E-state index is 0.0436. The van der Waals surface area contributed by atoms with Crippen molar-refractivity contribution in [2.24, 2.45) is 17.3 Å². The van der Waals surface area contributed by atoms with Gasteiger partial charge in [0, 0.05) is 39.3 Å². The second kappa shape index (κ2) is 6.35. The topological polar surface area (TPSA) is 81.2 Å². The first-order valence-corrected chi connectivity index (χ1v) is 8.84. The first-order chi connectivity index (χ1) is 11.3. The molecule has 0 aromatic carbocycles. The largest absolute Gasteiger partial charge is 0.481 e. The number of hydrogen-bond donors (Lipinski definition) is 1. The van der Waals surface area contributed by atoms with E-state index < -0.39 is 23.2 Å². The second-order valence-electron chi connectivity index (χ2n) is 7.80. The van der Waals surface area contributed by atoms with Crippen LogP contribution in [0.4, 0.5) is 0 Å². The Kier molecular flexibility index (Phi) is 4.55. The first-order valence-electron chi connectivity index (χ1n) is 8.84. The predicted octanol–water partition coefficient (Wildman–Crippen LogP) is 0.110. The zero-order valence-electron chi connectivity index (χ0n) is 14.5. The molecule has 1 N–H and O–H groups in total. The van der Waals surface area contributed by atoms with Crippen LogP contribution in [0.3, 0.4) is 0 Å². The summed E-state index contributed by atoms with van der Waals surface area (Å²) in [5.41, 5.74) is -0.453. The number of carbonyl (C=O) groups is 3. The fourth-order valence-electron chi connectivity index (χ4n) is 4.14.